The maximum atomic E-state index is 12.8. The third-order valence-corrected chi connectivity index (χ3v) is 4.00. The third kappa shape index (κ3) is 5.56. The molecule has 3 N–H and O–H groups in total. The van der Waals surface area contributed by atoms with Gasteiger partial charge in [-0.25, -0.2) is 0 Å². The zero-order valence-corrected chi connectivity index (χ0v) is 17.5. The molecule has 0 spiro atoms. The zero-order chi connectivity index (χ0) is 20.1. The number of nitrogens with one attached hydrogen (secondary N) is 1. The number of nitrogens with zero attached hydrogens (tertiary/aromatic N) is 2. The van der Waals surface area contributed by atoms with Gasteiger partial charge < -0.3 is 20.3 Å². The number of nitrogens with two attached hydrogens (primary N) is 1. The Hall–Kier alpha value is -2.90. The van der Waals surface area contributed by atoms with Crippen LogP contribution in [0.2, 0.25) is 0 Å². The summed E-state index contributed by atoms with van der Waals surface area (Å²) in [7, 11) is 0. The Morgan fingerprint density at radius 3 is 2.45 bits per heavy atom. The minimum atomic E-state index is -0.262. The Morgan fingerprint density at radius 2 is 1.83 bits per heavy atom. The predicted molar refractivity (Wildman–Crippen MR) is 115 cm³/mol. The van der Waals surface area contributed by atoms with Crippen molar-refractivity contribution in [3.05, 3.63) is 59.9 Å². The molecule has 0 atom stereocenters. The van der Waals surface area contributed by atoms with Crippen molar-refractivity contribution in [1.82, 2.24) is 10.1 Å². The number of halogens is 1. The van der Waals surface area contributed by atoms with Gasteiger partial charge in [-0.05, 0) is 36.4 Å². The van der Waals surface area contributed by atoms with Gasteiger partial charge in [-0.1, -0.05) is 38.1 Å². The zero-order valence-electron chi connectivity index (χ0n) is 16.6. The highest BCUT2D eigenvalue weighted by molar-refractivity contribution is 6.08. The van der Waals surface area contributed by atoms with Gasteiger partial charge in [0, 0.05) is 17.6 Å². The predicted octanol–water partition coefficient (Wildman–Crippen LogP) is 4.05. The van der Waals surface area contributed by atoms with Crippen LogP contribution in [-0.2, 0) is 5.41 Å². The van der Waals surface area contributed by atoms with Crippen molar-refractivity contribution in [2.45, 2.75) is 26.2 Å². The fourth-order valence-corrected chi connectivity index (χ4v) is 2.51. The van der Waals surface area contributed by atoms with Gasteiger partial charge in [0.25, 0.3) is 11.8 Å². The van der Waals surface area contributed by atoms with Crippen molar-refractivity contribution in [2.24, 2.45) is 5.73 Å². The molecular formula is C21H25ClN4O3. The number of amides is 1. The van der Waals surface area contributed by atoms with E-state index in [9.17, 15) is 4.79 Å². The molecule has 0 aliphatic rings. The molecular weight excluding hydrogens is 392 g/mol. The Bertz CT molecular complexity index is 949. The third-order valence-electron chi connectivity index (χ3n) is 4.00. The first kappa shape index (κ1) is 22.4. The van der Waals surface area contributed by atoms with Crippen molar-refractivity contribution in [3.63, 3.8) is 0 Å². The van der Waals surface area contributed by atoms with Gasteiger partial charge in [-0.15, -0.1) is 12.4 Å². The molecule has 0 bridgehead atoms. The molecule has 7 nitrogen and oxygen atoms in total. The van der Waals surface area contributed by atoms with Gasteiger partial charge in [0.2, 0.25) is 0 Å². The Balaban J connectivity index is 0.00000300. The fraction of sp³-hybridized carbons (Fsp3) is 0.286. The van der Waals surface area contributed by atoms with Crippen LogP contribution in [0.5, 0.6) is 5.75 Å². The highest BCUT2D eigenvalue weighted by atomic mass is 35.5. The summed E-state index contributed by atoms with van der Waals surface area (Å²) in [6, 6.07) is 14.3. The van der Waals surface area contributed by atoms with Crippen molar-refractivity contribution < 1.29 is 14.1 Å². The lowest BCUT2D eigenvalue weighted by Crippen LogP contribution is -2.14. The largest absolute Gasteiger partial charge is 0.492 e. The first-order valence-electron chi connectivity index (χ1n) is 9.06. The van der Waals surface area contributed by atoms with E-state index < -0.39 is 0 Å². The van der Waals surface area contributed by atoms with Gasteiger partial charge >= 0.3 is 0 Å². The van der Waals surface area contributed by atoms with E-state index in [1.54, 1.807) is 42.5 Å². The minimum Gasteiger partial charge on any atom is -0.492 e. The van der Waals surface area contributed by atoms with E-state index in [0.29, 0.717) is 47.4 Å². The van der Waals surface area contributed by atoms with Gasteiger partial charge in [0.05, 0.1) is 11.1 Å². The summed E-state index contributed by atoms with van der Waals surface area (Å²) in [6.45, 7) is 6.89. The van der Waals surface area contributed by atoms with Crippen LogP contribution in [0.4, 0.5) is 5.69 Å². The van der Waals surface area contributed by atoms with Crippen molar-refractivity contribution in [1.29, 1.82) is 0 Å². The molecule has 1 heterocycles. The highest BCUT2D eigenvalue weighted by Crippen LogP contribution is 2.27. The van der Waals surface area contributed by atoms with Gasteiger partial charge in [-0.3, -0.25) is 4.79 Å². The van der Waals surface area contributed by atoms with Crippen LogP contribution in [0.3, 0.4) is 0 Å². The summed E-state index contributed by atoms with van der Waals surface area (Å²) in [6.07, 6.45) is 0. The molecule has 0 aliphatic heterocycles. The van der Waals surface area contributed by atoms with E-state index in [0.717, 1.165) is 0 Å². The van der Waals surface area contributed by atoms with E-state index in [2.05, 4.69) is 15.5 Å². The van der Waals surface area contributed by atoms with Crippen molar-refractivity contribution in [2.75, 3.05) is 18.5 Å². The first-order valence-corrected chi connectivity index (χ1v) is 9.06. The molecule has 0 saturated carbocycles. The van der Waals surface area contributed by atoms with Crippen LogP contribution in [-0.4, -0.2) is 29.2 Å². The average Bonchev–Trinajstić information content (AvgIpc) is 3.18. The number of hydrogen-bond acceptors (Lipinski definition) is 6. The number of hydrogen-bond donors (Lipinski definition) is 2. The number of rotatable bonds is 6. The number of carbonyl (C=O) groups is 1. The van der Waals surface area contributed by atoms with E-state index in [4.69, 9.17) is 15.0 Å². The van der Waals surface area contributed by atoms with Crippen LogP contribution in [0.25, 0.3) is 11.5 Å². The lowest BCUT2D eigenvalue weighted by Gasteiger charge is -2.11. The van der Waals surface area contributed by atoms with Crippen LogP contribution >= 0.6 is 12.4 Å². The van der Waals surface area contributed by atoms with Crippen LogP contribution in [0.1, 0.15) is 37.0 Å². The molecule has 2 aromatic carbocycles. The monoisotopic (exact) mass is 416 g/mol. The molecule has 8 heteroatoms. The molecule has 3 rings (SSSR count). The SMILES string of the molecule is CC(C)(C)c1noc(-c2ccccc2C(=O)Nc2ccc(OCCN)cc2)n1.Cl. The van der Waals surface area contributed by atoms with Gasteiger partial charge in [-0.2, -0.15) is 4.98 Å². The topological polar surface area (TPSA) is 103 Å². The van der Waals surface area contributed by atoms with Crippen molar-refractivity contribution in [3.8, 4) is 17.2 Å². The van der Waals surface area contributed by atoms with Crippen LogP contribution in [0, 0.1) is 0 Å². The average molecular weight is 417 g/mol. The van der Waals surface area contributed by atoms with Crippen LogP contribution < -0.4 is 15.8 Å². The van der Waals surface area contributed by atoms with E-state index in [1.165, 1.54) is 0 Å². The summed E-state index contributed by atoms with van der Waals surface area (Å²) in [5, 5.41) is 6.92. The Labute approximate surface area is 176 Å². The fourth-order valence-electron chi connectivity index (χ4n) is 2.51. The molecule has 0 aliphatic carbocycles. The first-order chi connectivity index (χ1) is 13.4. The summed E-state index contributed by atoms with van der Waals surface area (Å²) in [4.78, 5) is 17.3. The molecule has 0 saturated heterocycles. The van der Waals surface area contributed by atoms with Gasteiger partial charge in [0.1, 0.15) is 12.4 Å². The molecule has 3 aromatic rings. The molecule has 0 fully saturated rings. The maximum Gasteiger partial charge on any atom is 0.258 e. The second kappa shape index (κ2) is 9.54. The normalized spacial score (nSPS) is 10.9. The van der Waals surface area contributed by atoms with Crippen LogP contribution in [0.15, 0.2) is 53.1 Å². The standard InChI is InChI=1S/C21H24N4O3.ClH/c1-21(2,3)20-24-19(28-25-20)17-7-5-4-6-16(17)18(26)23-14-8-10-15(11-9-14)27-13-12-22;/h4-11H,12-13,22H2,1-3H3,(H,23,26);1H. The molecule has 29 heavy (non-hydrogen) atoms. The summed E-state index contributed by atoms with van der Waals surface area (Å²) >= 11 is 0. The molecule has 1 amide bonds. The molecule has 0 unspecified atom stereocenters. The number of carbonyl (C=O) groups excluding carboxylic acids is 1. The summed E-state index contributed by atoms with van der Waals surface area (Å²) in [5.74, 6) is 1.35. The number of aromatic nitrogens is 2. The van der Waals surface area contributed by atoms with Crippen molar-refractivity contribution >= 4 is 24.0 Å². The summed E-state index contributed by atoms with van der Waals surface area (Å²) in [5.41, 5.74) is 6.88. The molecule has 1 aromatic heterocycles. The smallest absolute Gasteiger partial charge is 0.258 e. The number of anilines is 1. The van der Waals surface area contributed by atoms with E-state index in [-0.39, 0.29) is 23.7 Å². The van der Waals surface area contributed by atoms with Gasteiger partial charge in [0.15, 0.2) is 5.82 Å². The quantitative estimate of drug-likeness (QED) is 0.628. The second-order valence-electron chi connectivity index (χ2n) is 7.33. The number of ether oxygens (including phenoxy) is 1. The molecule has 0 radical (unpaired) electrons. The molecule has 154 valence electrons. The Morgan fingerprint density at radius 1 is 1.14 bits per heavy atom. The highest BCUT2D eigenvalue weighted by Gasteiger charge is 2.23. The number of benzene rings is 2. The van der Waals surface area contributed by atoms with E-state index in [1.807, 2.05) is 26.8 Å². The summed E-state index contributed by atoms with van der Waals surface area (Å²) < 4.78 is 10.8. The van der Waals surface area contributed by atoms with E-state index >= 15 is 0 Å². The minimum absolute atomic E-state index is 0. The second-order valence-corrected chi connectivity index (χ2v) is 7.33. The maximum absolute atomic E-state index is 12.8. The Kier molecular flexibility index (Phi) is 7.36. The lowest BCUT2D eigenvalue weighted by atomic mass is 9.96. The lowest BCUT2D eigenvalue weighted by molar-refractivity contribution is 0.102.